The highest BCUT2D eigenvalue weighted by Gasteiger charge is 2.22. The minimum atomic E-state index is 1.06. The van der Waals surface area contributed by atoms with Crippen LogP contribution in [0.4, 0.5) is 0 Å². The van der Waals surface area contributed by atoms with Gasteiger partial charge in [-0.3, -0.25) is 0 Å². The Morgan fingerprint density at radius 2 is 1.32 bits per heavy atom. The monoisotopic (exact) mass is 326 g/mol. The van der Waals surface area contributed by atoms with Crippen molar-refractivity contribution in [3.05, 3.63) is 81.9 Å². The van der Waals surface area contributed by atoms with Crippen LogP contribution >= 0.6 is 0 Å². The van der Waals surface area contributed by atoms with Gasteiger partial charge in [0.1, 0.15) is 0 Å². The standard InChI is InChI=1S/C25H26/c1-4-20-21(5-2)23-13-9-10-14-24(23)25(22(20)6-3)19-15-17-11-7-8-12-18(17)16-19/h7-15H,4-6,16H2,1-3H3. The molecule has 0 aromatic heterocycles. The van der Waals surface area contributed by atoms with Gasteiger partial charge in [-0.15, -0.1) is 0 Å². The fourth-order valence-electron chi connectivity index (χ4n) is 4.65. The van der Waals surface area contributed by atoms with E-state index in [4.69, 9.17) is 0 Å². The second kappa shape index (κ2) is 6.52. The van der Waals surface area contributed by atoms with Crippen LogP contribution in [0.3, 0.4) is 0 Å². The maximum atomic E-state index is 2.42. The minimum Gasteiger partial charge on any atom is -0.0619 e. The highest BCUT2D eigenvalue weighted by Crippen LogP contribution is 2.40. The van der Waals surface area contributed by atoms with Crippen molar-refractivity contribution >= 4 is 22.4 Å². The van der Waals surface area contributed by atoms with E-state index in [-0.39, 0.29) is 0 Å². The van der Waals surface area contributed by atoms with E-state index in [2.05, 4.69) is 75.4 Å². The van der Waals surface area contributed by atoms with Crippen LogP contribution in [0.15, 0.2) is 48.5 Å². The smallest absolute Gasteiger partial charge is 0.00133 e. The summed E-state index contributed by atoms with van der Waals surface area (Å²) < 4.78 is 0. The van der Waals surface area contributed by atoms with Crippen molar-refractivity contribution in [1.82, 2.24) is 0 Å². The molecule has 0 amide bonds. The van der Waals surface area contributed by atoms with Crippen molar-refractivity contribution in [2.24, 2.45) is 0 Å². The lowest BCUT2D eigenvalue weighted by Crippen LogP contribution is -2.05. The molecule has 0 nitrogen and oxygen atoms in total. The van der Waals surface area contributed by atoms with E-state index < -0.39 is 0 Å². The van der Waals surface area contributed by atoms with Crippen molar-refractivity contribution in [2.75, 3.05) is 0 Å². The van der Waals surface area contributed by atoms with Crippen LogP contribution in [0.2, 0.25) is 0 Å². The van der Waals surface area contributed by atoms with Crippen molar-refractivity contribution < 1.29 is 0 Å². The lowest BCUT2D eigenvalue weighted by molar-refractivity contribution is 0.988. The van der Waals surface area contributed by atoms with E-state index in [1.807, 2.05) is 0 Å². The molecule has 0 atom stereocenters. The van der Waals surface area contributed by atoms with Crippen LogP contribution in [0.25, 0.3) is 22.4 Å². The Bertz CT molecular complexity index is 973. The van der Waals surface area contributed by atoms with Gasteiger partial charge in [-0.1, -0.05) is 75.4 Å². The van der Waals surface area contributed by atoms with Gasteiger partial charge in [-0.05, 0) is 75.4 Å². The van der Waals surface area contributed by atoms with Gasteiger partial charge in [0.25, 0.3) is 0 Å². The number of benzene rings is 3. The maximum Gasteiger partial charge on any atom is -0.00133 e. The molecule has 0 fully saturated rings. The lowest BCUT2D eigenvalue weighted by atomic mass is 9.82. The molecule has 0 heteroatoms. The van der Waals surface area contributed by atoms with Gasteiger partial charge < -0.3 is 0 Å². The summed E-state index contributed by atoms with van der Waals surface area (Å²) in [6.45, 7) is 6.92. The summed E-state index contributed by atoms with van der Waals surface area (Å²) in [5.41, 5.74) is 10.5. The Morgan fingerprint density at radius 3 is 2.00 bits per heavy atom. The van der Waals surface area contributed by atoms with Gasteiger partial charge in [-0.2, -0.15) is 0 Å². The SMILES string of the molecule is CCc1c(CC)c(C2=Cc3ccccc3C2)c2ccccc2c1CC. The zero-order valence-corrected chi connectivity index (χ0v) is 15.5. The summed E-state index contributed by atoms with van der Waals surface area (Å²) in [6.07, 6.45) is 6.80. The molecule has 0 saturated heterocycles. The van der Waals surface area contributed by atoms with Gasteiger partial charge >= 0.3 is 0 Å². The first-order chi connectivity index (χ1) is 12.3. The fourth-order valence-corrected chi connectivity index (χ4v) is 4.65. The molecule has 0 bridgehead atoms. The Kier molecular flexibility index (Phi) is 4.21. The van der Waals surface area contributed by atoms with Gasteiger partial charge in [0.2, 0.25) is 0 Å². The highest BCUT2D eigenvalue weighted by molar-refractivity contribution is 6.03. The third kappa shape index (κ3) is 2.52. The molecule has 0 unspecified atom stereocenters. The van der Waals surface area contributed by atoms with Crippen LogP contribution in [0.5, 0.6) is 0 Å². The summed E-state index contributed by atoms with van der Waals surface area (Å²) in [5, 5.41) is 2.89. The Balaban J connectivity index is 2.04. The van der Waals surface area contributed by atoms with Crippen LogP contribution in [-0.4, -0.2) is 0 Å². The second-order valence-electron chi connectivity index (χ2n) is 6.96. The van der Waals surface area contributed by atoms with Crippen molar-refractivity contribution in [3.63, 3.8) is 0 Å². The van der Waals surface area contributed by atoms with Crippen molar-refractivity contribution in [1.29, 1.82) is 0 Å². The van der Waals surface area contributed by atoms with Crippen LogP contribution in [0, 0.1) is 0 Å². The molecule has 3 aromatic rings. The number of aryl methyl sites for hydroxylation is 1. The average Bonchev–Trinajstić information content (AvgIpc) is 3.09. The molecule has 0 heterocycles. The lowest BCUT2D eigenvalue weighted by Gasteiger charge is -2.22. The molecule has 1 aliphatic rings. The van der Waals surface area contributed by atoms with E-state index in [1.54, 1.807) is 16.7 Å². The largest absolute Gasteiger partial charge is 0.0619 e. The molecule has 0 N–H and O–H groups in total. The van der Waals surface area contributed by atoms with Crippen molar-refractivity contribution in [2.45, 2.75) is 46.5 Å². The first-order valence-electron chi connectivity index (χ1n) is 9.62. The maximum absolute atomic E-state index is 2.42. The summed E-state index contributed by atoms with van der Waals surface area (Å²) >= 11 is 0. The first kappa shape index (κ1) is 16.1. The quantitative estimate of drug-likeness (QED) is 0.505. The van der Waals surface area contributed by atoms with Gasteiger partial charge in [0.15, 0.2) is 0 Å². The number of fused-ring (bicyclic) bond motifs is 2. The number of rotatable bonds is 4. The van der Waals surface area contributed by atoms with E-state index in [0.717, 1.165) is 25.7 Å². The molecule has 0 spiro atoms. The normalized spacial score (nSPS) is 13.2. The van der Waals surface area contributed by atoms with Crippen LogP contribution in [-0.2, 0) is 25.7 Å². The topological polar surface area (TPSA) is 0 Å². The van der Waals surface area contributed by atoms with E-state index in [0.29, 0.717) is 0 Å². The summed E-state index contributed by atoms with van der Waals surface area (Å²) in [4.78, 5) is 0. The van der Waals surface area contributed by atoms with E-state index >= 15 is 0 Å². The Hall–Kier alpha value is -2.34. The number of hydrogen-bond acceptors (Lipinski definition) is 0. The molecule has 0 aliphatic heterocycles. The third-order valence-electron chi connectivity index (χ3n) is 5.70. The zero-order chi connectivity index (χ0) is 17.4. The molecule has 126 valence electrons. The number of hydrogen-bond donors (Lipinski definition) is 0. The molecular weight excluding hydrogens is 300 g/mol. The Morgan fingerprint density at radius 1 is 0.680 bits per heavy atom. The summed E-state index contributed by atoms with van der Waals surface area (Å²) in [5.74, 6) is 0. The summed E-state index contributed by atoms with van der Waals surface area (Å²) in [7, 11) is 0. The predicted octanol–water partition coefficient (Wildman–Crippen LogP) is 6.62. The summed E-state index contributed by atoms with van der Waals surface area (Å²) in [6, 6.07) is 17.9. The molecule has 0 saturated carbocycles. The first-order valence-corrected chi connectivity index (χ1v) is 9.62. The molecule has 4 rings (SSSR count). The Labute approximate surface area is 151 Å². The van der Waals surface area contributed by atoms with Crippen LogP contribution in [0.1, 0.15) is 54.2 Å². The molecular formula is C25H26. The van der Waals surface area contributed by atoms with Gasteiger partial charge in [0.05, 0.1) is 0 Å². The van der Waals surface area contributed by atoms with Gasteiger partial charge in [0, 0.05) is 0 Å². The predicted molar refractivity (Wildman–Crippen MR) is 110 cm³/mol. The fraction of sp³-hybridized carbons (Fsp3) is 0.280. The molecule has 0 radical (unpaired) electrons. The van der Waals surface area contributed by atoms with Crippen LogP contribution < -0.4 is 0 Å². The molecule has 25 heavy (non-hydrogen) atoms. The molecule has 1 aliphatic carbocycles. The second-order valence-corrected chi connectivity index (χ2v) is 6.96. The number of allylic oxidation sites excluding steroid dienone is 1. The van der Waals surface area contributed by atoms with Gasteiger partial charge in [-0.25, -0.2) is 0 Å². The van der Waals surface area contributed by atoms with E-state index in [1.165, 1.54) is 33.0 Å². The average molecular weight is 326 g/mol. The van der Waals surface area contributed by atoms with E-state index in [9.17, 15) is 0 Å². The van der Waals surface area contributed by atoms with Crippen molar-refractivity contribution in [3.8, 4) is 0 Å². The highest BCUT2D eigenvalue weighted by atomic mass is 14.3. The minimum absolute atomic E-state index is 1.06. The zero-order valence-electron chi connectivity index (χ0n) is 15.5. The molecule has 3 aromatic carbocycles. The third-order valence-corrected chi connectivity index (χ3v) is 5.70.